The average molecular weight is 512 g/mol. The van der Waals surface area contributed by atoms with E-state index in [-0.39, 0.29) is 28.6 Å². The number of carboxylic acids is 1. The third-order valence-corrected chi connectivity index (χ3v) is 6.83. The summed E-state index contributed by atoms with van der Waals surface area (Å²) in [6.45, 7) is 1.75. The van der Waals surface area contributed by atoms with Gasteiger partial charge in [0.2, 0.25) is 0 Å². The van der Waals surface area contributed by atoms with Gasteiger partial charge in [0.25, 0.3) is 5.56 Å². The second-order valence-electron chi connectivity index (χ2n) is 7.73. The van der Waals surface area contributed by atoms with E-state index in [1.54, 1.807) is 42.8 Å². The van der Waals surface area contributed by atoms with Crippen LogP contribution in [0.4, 0.5) is 0 Å². The second kappa shape index (κ2) is 9.23. The van der Waals surface area contributed by atoms with Gasteiger partial charge < -0.3 is 5.11 Å². The van der Waals surface area contributed by atoms with Gasteiger partial charge in [0.15, 0.2) is 0 Å². The number of fused-ring (bicyclic) bond motifs is 2. The summed E-state index contributed by atoms with van der Waals surface area (Å²) in [6.07, 6.45) is 4.35. The quantitative estimate of drug-likeness (QED) is 0.350. The molecule has 174 valence electrons. The highest BCUT2D eigenvalue weighted by Crippen LogP contribution is 2.36. The summed E-state index contributed by atoms with van der Waals surface area (Å²) >= 11 is 7.58. The molecule has 0 amide bonds. The van der Waals surface area contributed by atoms with Crippen molar-refractivity contribution in [3.63, 3.8) is 0 Å². The molecule has 4 aromatic heterocycles. The van der Waals surface area contributed by atoms with Gasteiger partial charge in [0.05, 0.1) is 45.0 Å². The number of thiophene rings is 1. The van der Waals surface area contributed by atoms with E-state index in [9.17, 15) is 20.0 Å². The third kappa shape index (κ3) is 3.97. The Morgan fingerprint density at radius 2 is 2.06 bits per heavy atom. The molecule has 5 aromatic rings. The summed E-state index contributed by atoms with van der Waals surface area (Å²) in [5.41, 5.74) is 2.82. The van der Waals surface area contributed by atoms with Crippen LogP contribution in [-0.2, 0) is 6.54 Å². The van der Waals surface area contributed by atoms with Crippen molar-refractivity contribution in [2.24, 2.45) is 0 Å². The fraction of sp³-hybridized carbons (Fsp3) is 0.0769. The van der Waals surface area contributed by atoms with Crippen LogP contribution in [0, 0.1) is 30.1 Å². The van der Waals surface area contributed by atoms with E-state index in [4.69, 9.17) is 11.6 Å². The topological polar surface area (TPSA) is 122 Å². The highest BCUT2D eigenvalue weighted by molar-refractivity contribution is 7.18. The number of pyridine rings is 2. The van der Waals surface area contributed by atoms with Crippen molar-refractivity contribution < 1.29 is 9.90 Å². The monoisotopic (exact) mass is 511 g/mol. The molecule has 0 bridgehead atoms. The maximum Gasteiger partial charge on any atom is 0.338 e. The summed E-state index contributed by atoms with van der Waals surface area (Å²) in [5, 5.41) is 21.1. The number of nitrogens with zero attached hydrogens (tertiary/aromatic N) is 5. The normalized spacial score (nSPS) is 10.7. The molecule has 36 heavy (non-hydrogen) atoms. The number of aryl methyl sites for hydroxylation is 1. The van der Waals surface area contributed by atoms with Crippen LogP contribution in [0.2, 0.25) is 5.02 Å². The fourth-order valence-electron chi connectivity index (χ4n) is 3.91. The molecule has 0 aliphatic heterocycles. The molecule has 5 rings (SSSR count). The molecule has 4 heterocycles. The van der Waals surface area contributed by atoms with Gasteiger partial charge >= 0.3 is 5.97 Å². The zero-order valence-corrected chi connectivity index (χ0v) is 20.2. The Morgan fingerprint density at radius 1 is 1.22 bits per heavy atom. The molecule has 0 unspecified atom stereocenters. The van der Waals surface area contributed by atoms with Crippen molar-refractivity contribution in [3.8, 4) is 29.0 Å². The molecule has 0 radical (unpaired) electrons. The van der Waals surface area contributed by atoms with Crippen LogP contribution in [0.15, 0.2) is 53.0 Å². The third-order valence-electron chi connectivity index (χ3n) is 5.59. The standard InChI is InChI=1S/C26H14ClN5O3S/c1-14-31-21-12-29-11-16(10-28)22(21)25(33)32(14)8-2-3-15-4-5-17(27)9-19(15)18-6-7-30-23-20(26(34)35)13-36-24(18)23/h4-7,9,11-13H,8H2,1H3,(H,34,35). The van der Waals surface area contributed by atoms with Gasteiger partial charge in [-0.2, -0.15) is 5.26 Å². The van der Waals surface area contributed by atoms with Crippen LogP contribution in [0.3, 0.4) is 0 Å². The molecular formula is C26H14ClN5O3S. The fourth-order valence-corrected chi connectivity index (χ4v) is 5.11. The number of hydrogen-bond acceptors (Lipinski definition) is 7. The van der Waals surface area contributed by atoms with Crippen LogP contribution in [-0.4, -0.2) is 30.6 Å². The van der Waals surface area contributed by atoms with Gasteiger partial charge in [-0.15, -0.1) is 11.3 Å². The summed E-state index contributed by atoms with van der Waals surface area (Å²) in [5.74, 6) is 5.54. The van der Waals surface area contributed by atoms with E-state index in [1.807, 2.05) is 6.07 Å². The molecule has 1 aromatic carbocycles. The van der Waals surface area contributed by atoms with Crippen molar-refractivity contribution in [1.82, 2.24) is 19.5 Å². The number of rotatable bonds is 3. The summed E-state index contributed by atoms with van der Waals surface area (Å²) < 4.78 is 2.12. The molecule has 10 heteroatoms. The lowest BCUT2D eigenvalue weighted by Crippen LogP contribution is -2.24. The van der Waals surface area contributed by atoms with Gasteiger partial charge in [-0.25, -0.2) is 9.78 Å². The zero-order valence-electron chi connectivity index (χ0n) is 18.6. The minimum atomic E-state index is -1.04. The number of halogens is 1. The number of nitriles is 1. The average Bonchev–Trinajstić information content (AvgIpc) is 3.31. The lowest BCUT2D eigenvalue weighted by molar-refractivity contribution is 0.0699. The minimum Gasteiger partial charge on any atom is -0.478 e. The Labute approximate surface area is 213 Å². The van der Waals surface area contributed by atoms with E-state index < -0.39 is 5.97 Å². The van der Waals surface area contributed by atoms with Crippen LogP contribution in [0.5, 0.6) is 0 Å². The molecule has 0 saturated heterocycles. The molecule has 0 saturated carbocycles. The number of carbonyl (C=O) groups is 1. The van der Waals surface area contributed by atoms with E-state index in [0.717, 1.165) is 11.1 Å². The van der Waals surface area contributed by atoms with Gasteiger partial charge in [-0.3, -0.25) is 19.3 Å². The molecular weight excluding hydrogens is 498 g/mol. The maximum absolute atomic E-state index is 13.1. The van der Waals surface area contributed by atoms with Crippen molar-refractivity contribution in [2.45, 2.75) is 13.5 Å². The first kappa shape index (κ1) is 23.2. The molecule has 0 aliphatic rings. The SMILES string of the molecule is Cc1nc2cncc(C#N)c2c(=O)n1CC#Cc1ccc(Cl)cc1-c1ccnc2c(C(=O)O)csc12. The number of aromatic carboxylic acids is 1. The first-order chi connectivity index (χ1) is 17.4. The van der Waals surface area contributed by atoms with Crippen LogP contribution >= 0.6 is 22.9 Å². The number of aromatic nitrogens is 4. The van der Waals surface area contributed by atoms with E-state index >= 15 is 0 Å². The van der Waals surface area contributed by atoms with Crippen molar-refractivity contribution in [1.29, 1.82) is 5.26 Å². The highest BCUT2D eigenvalue weighted by atomic mass is 35.5. The van der Waals surface area contributed by atoms with Crippen molar-refractivity contribution in [3.05, 3.63) is 86.1 Å². The Morgan fingerprint density at radius 3 is 2.83 bits per heavy atom. The summed E-state index contributed by atoms with van der Waals surface area (Å²) in [4.78, 5) is 37.3. The predicted octanol–water partition coefficient (Wildman–Crippen LogP) is 4.65. The highest BCUT2D eigenvalue weighted by Gasteiger charge is 2.17. The van der Waals surface area contributed by atoms with Crippen LogP contribution in [0.1, 0.15) is 27.3 Å². The molecule has 0 fully saturated rings. The first-order valence-electron chi connectivity index (χ1n) is 10.5. The molecule has 0 atom stereocenters. The smallest absolute Gasteiger partial charge is 0.338 e. The number of carboxylic acid groups (broad SMARTS) is 1. The molecule has 1 N–H and O–H groups in total. The maximum atomic E-state index is 13.1. The lowest BCUT2D eigenvalue weighted by atomic mass is 10.00. The Hall–Kier alpha value is -4.57. The van der Waals surface area contributed by atoms with Crippen molar-refractivity contribution in [2.75, 3.05) is 0 Å². The van der Waals surface area contributed by atoms with Crippen molar-refractivity contribution >= 4 is 50.0 Å². The molecule has 8 nitrogen and oxygen atoms in total. The zero-order chi connectivity index (χ0) is 25.4. The van der Waals surface area contributed by atoms with Crippen LogP contribution < -0.4 is 5.56 Å². The predicted molar refractivity (Wildman–Crippen MR) is 137 cm³/mol. The van der Waals surface area contributed by atoms with Gasteiger partial charge in [0, 0.05) is 39.5 Å². The Balaban J connectivity index is 1.60. The minimum absolute atomic E-state index is 0.0524. The van der Waals surface area contributed by atoms with Gasteiger partial charge in [-0.05, 0) is 31.2 Å². The number of hydrogen-bond donors (Lipinski definition) is 1. The Kier molecular flexibility index (Phi) is 5.95. The largest absolute Gasteiger partial charge is 0.478 e. The summed E-state index contributed by atoms with van der Waals surface area (Å²) in [6, 6.07) is 9.03. The van der Waals surface area contributed by atoms with E-state index in [1.165, 1.54) is 28.3 Å². The molecule has 0 spiro atoms. The second-order valence-corrected chi connectivity index (χ2v) is 9.04. The van der Waals surface area contributed by atoms with E-state index in [0.29, 0.717) is 32.1 Å². The molecule has 0 aliphatic carbocycles. The van der Waals surface area contributed by atoms with Crippen LogP contribution in [0.25, 0.3) is 32.2 Å². The lowest BCUT2D eigenvalue weighted by Gasteiger charge is -2.09. The van der Waals surface area contributed by atoms with E-state index in [2.05, 4.69) is 26.8 Å². The van der Waals surface area contributed by atoms with Gasteiger partial charge in [0.1, 0.15) is 11.9 Å². The number of benzene rings is 1. The first-order valence-corrected chi connectivity index (χ1v) is 11.8. The summed E-state index contributed by atoms with van der Waals surface area (Å²) in [7, 11) is 0. The Bertz CT molecular complexity index is 1870. The van der Waals surface area contributed by atoms with Gasteiger partial charge in [-0.1, -0.05) is 23.4 Å².